The van der Waals surface area contributed by atoms with Gasteiger partial charge in [0.2, 0.25) is 0 Å². The molecule has 0 aromatic carbocycles. The van der Waals surface area contributed by atoms with E-state index in [1.54, 1.807) is 0 Å². The number of likely N-dealkylation sites (N-methyl/N-ethyl adjacent to an activating group) is 1. The Morgan fingerprint density at radius 1 is 0.386 bits per heavy atom. The molecule has 2 atom stereocenters. The van der Waals surface area contributed by atoms with Crippen LogP contribution in [0.2, 0.25) is 0 Å². The van der Waals surface area contributed by atoms with Gasteiger partial charge >= 0.3 is 11.9 Å². The molecule has 10 heteroatoms. The van der Waals surface area contributed by atoms with Gasteiger partial charge in [-0.2, -0.15) is 0 Å². The van der Waals surface area contributed by atoms with Crippen molar-refractivity contribution in [2.75, 3.05) is 47.5 Å². The van der Waals surface area contributed by atoms with Gasteiger partial charge in [0, 0.05) is 12.8 Å². The van der Waals surface area contributed by atoms with E-state index >= 15 is 0 Å². The van der Waals surface area contributed by atoms with E-state index in [-0.39, 0.29) is 32.0 Å². The third kappa shape index (κ3) is 68.2. The van der Waals surface area contributed by atoms with E-state index in [2.05, 4.69) is 98.9 Å². The lowest BCUT2D eigenvalue weighted by atomic mass is 10.0. The normalized spacial score (nSPS) is 13.7. The summed E-state index contributed by atoms with van der Waals surface area (Å²) in [6.45, 7) is 4.17. The Morgan fingerprint density at radius 2 is 0.687 bits per heavy atom. The Labute approximate surface area is 513 Å². The van der Waals surface area contributed by atoms with Gasteiger partial charge in [-0.3, -0.25) is 14.2 Å². The summed E-state index contributed by atoms with van der Waals surface area (Å²) >= 11 is 0. The molecule has 0 saturated carbocycles. The summed E-state index contributed by atoms with van der Waals surface area (Å²) in [5.41, 5.74) is 0. The van der Waals surface area contributed by atoms with Crippen LogP contribution in [0.15, 0.2) is 85.1 Å². The molecule has 9 nitrogen and oxygen atoms in total. The number of unbranched alkanes of at least 4 members (excludes halogenated alkanes) is 36. The standard InChI is InChI=1S/C73H132NO8P/c1-6-8-10-12-14-16-18-20-22-24-26-27-28-29-30-31-32-33-34-35-36-37-38-39-40-41-42-43-44-45-46-47-48-50-52-54-56-58-60-62-64-66-73(76)82-71(70-81-83(77,78)80-68-67-74(3,4)5)69-79-72(75)65-63-61-59-57-55-53-51-49-25-23-21-19-17-15-13-11-9-7-2/h8,10,14,16,20,22,26-27,29-30,32-33,35-36,71H,6-7,9,11-13,15,17-19,21,23-25,28,31,34,37-70H2,1-5H3/b10-8-,16-14-,22-20-,27-26-,30-29-,33-32-,36-35-. The second-order valence-electron chi connectivity index (χ2n) is 24.5. The van der Waals surface area contributed by atoms with Crippen LogP contribution >= 0.6 is 7.82 Å². The number of hydrogen-bond acceptors (Lipinski definition) is 8. The molecule has 0 aromatic heterocycles. The zero-order chi connectivity index (χ0) is 60.5. The highest BCUT2D eigenvalue weighted by Gasteiger charge is 2.22. The van der Waals surface area contributed by atoms with Crippen LogP contribution < -0.4 is 4.89 Å². The van der Waals surface area contributed by atoms with Crippen molar-refractivity contribution in [3.63, 3.8) is 0 Å². The first kappa shape index (κ1) is 80.2. The number of phosphoric acid groups is 1. The summed E-state index contributed by atoms with van der Waals surface area (Å²) in [4.78, 5) is 38.0. The Hall–Kier alpha value is -2.81. The molecule has 0 heterocycles. The molecule has 0 aliphatic rings. The molecule has 0 aliphatic carbocycles. The van der Waals surface area contributed by atoms with Gasteiger partial charge in [-0.05, 0) is 70.6 Å². The van der Waals surface area contributed by atoms with Gasteiger partial charge in [-0.25, -0.2) is 0 Å². The summed E-state index contributed by atoms with van der Waals surface area (Å²) < 4.78 is 34.3. The highest BCUT2D eigenvalue weighted by Crippen LogP contribution is 2.38. The summed E-state index contributed by atoms with van der Waals surface area (Å²) in [7, 11) is 1.18. The molecule has 0 radical (unpaired) electrons. The molecule has 0 fully saturated rings. The predicted octanol–water partition coefficient (Wildman–Crippen LogP) is 21.9. The van der Waals surface area contributed by atoms with Gasteiger partial charge in [0.05, 0.1) is 27.7 Å². The van der Waals surface area contributed by atoms with Crippen molar-refractivity contribution in [2.45, 2.75) is 322 Å². The minimum atomic E-state index is -4.64. The Bertz CT molecular complexity index is 1680. The second kappa shape index (κ2) is 63.7. The van der Waals surface area contributed by atoms with Crippen LogP contribution in [0.5, 0.6) is 0 Å². The van der Waals surface area contributed by atoms with E-state index in [9.17, 15) is 19.0 Å². The van der Waals surface area contributed by atoms with Gasteiger partial charge in [-0.1, -0.05) is 317 Å². The maximum Gasteiger partial charge on any atom is 0.306 e. The average Bonchev–Trinajstić information content (AvgIpc) is 3.48. The van der Waals surface area contributed by atoms with Crippen molar-refractivity contribution < 1.29 is 42.1 Å². The number of ether oxygens (including phenoxy) is 2. The monoisotopic (exact) mass is 1180 g/mol. The van der Waals surface area contributed by atoms with Crippen molar-refractivity contribution in [1.82, 2.24) is 0 Å². The molecule has 0 aromatic rings. The Kier molecular flexibility index (Phi) is 61.5. The molecule has 0 bridgehead atoms. The van der Waals surface area contributed by atoms with Crippen LogP contribution in [0, 0.1) is 0 Å². The molecule has 0 N–H and O–H groups in total. The minimum Gasteiger partial charge on any atom is -0.756 e. The van der Waals surface area contributed by atoms with Crippen molar-refractivity contribution >= 4 is 19.8 Å². The zero-order valence-electron chi connectivity index (χ0n) is 54.9. The summed E-state index contributed by atoms with van der Waals surface area (Å²) in [5, 5.41) is 0. The number of esters is 2. The van der Waals surface area contributed by atoms with Crippen molar-refractivity contribution in [2.24, 2.45) is 0 Å². The summed E-state index contributed by atoms with van der Waals surface area (Å²) in [6, 6.07) is 0. The van der Waals surface area contributed by atoms with Crippen LogP contribution in [0.4, 0.5) is 0 Å². The van der Waals surface area contributed by atoms with Crippen molar-refractivity contribution in [3.8, 4) is 0 Å². The second-order valence-corrected chi connectivity index (χ2v) is 25.9. The van der Waals surface area contributed by atoms with Crippen LogP contribution in [-0.2, 0) is 32.7 Å². The smallest absolute Gasteiger partial charge is 0.306 e. The fraction of sp³-hybridized carbons (Fsp3) is 0.781. The van der Waals surface area contributed by atoms with Crippen molar-refractivity contribution in [3.05, 3.63) is 85.1 Å². The van der Waals surface area contributed by atoms with E-state index in [0.29, 0.717) is 17.4 Å². The molecular weight excluding hydrogens is 1050 g/mol. The average molecular weight is 1180 g/mol. The zero-order valence-corrected chi connectivity index (χ0v) is 55.8. The van der Waals surface area contributed by atoms with E-state index in [4.69, 9.17) is 18.5 Å². The molecule has 0 saturated heterocycles. The molecular formula is C73H132NO8P. The first-order valence-corrected chi connectivity index (χ1v) is 36.3. The molecule has 0 spiro atoms. The van der Waals surface area contributed by atoms with Gasteiger partial charge in [0.25, 0.3) is 7.82 Å². The molecule has 0 aliphatic heterocycles. The van der Waals surface area contributed by atoms with Crippen molar-refractivity contribution in [1.29, 1.82) is 0 Å². The van der Waals surface area contributed by atoms with Crippen LogP contribution in [0.1, 0.15) is 316 Å². The summed E-state index contributed by atoms with van der Waals surface area (Å²) in [6.07, 6.45) is 86.7. The number of carbonyl (C=O) groups is 2. The number of carbonyl (C=O) groups excluding carboxylic acids is 2. The first-order valence-electron chi connectivity index (χ1n) is 34.8. The third-order valence-corrected chi connectivity index (χ3v) is 16.1. The van der Waals surface area contributed by atoms with E-state index in [1.165, 1.54) is 199 Å². The van der Waals surface area contributed by atoms with E-state index in [1.807, 2.05) is 21.1 Å². The Balaban J connectivity index is 3.95. The molecule has 83 heavy (non-hydrogen) atoms. The highest BCUT2D eigenvalue weighted by atomic mass is 31.2. The number of phosphoric ester groups is 1. The number of hydrogen-bond donors (Lipinski definition) is 0. The number of rotatable bonds is 64. The van der Waals surface area contributed by atoms with E-state index in [0.717, 1.165) is 83.5 Å². The number of quaternary nitrogens is 1. The third-order valence-electron chi connectivity index (χ3n) is 15.2. The first-order chi connectivity index (χ1) is 40.5. The van der Waals surface area contributed by atoms with Crippen LogP contribution in [0.25, 0.3) is 0 Å². The Morgan fingerprint density at radius 3 is 1.02 bits per heavy atom. The molecule has 2 unspecified atom stereocenters. The van der Waals surface area contributed by atoms with Gasteiger partial charge in [-0.15, -0.1) is 0 Å². The maximum atomic E-state index is 12.8. The lowest BCUT2D eigenvalue weighted by Crippen LogP contribution is -2.37. The lowest BCUT2D eigenvalue weighted by Gasteiger charge is -2.28. The fourth-order valence-electron chi connectivity index (χ4n) is 9.88. The predicted molar refractivity (Wildman–Crippen MR) is 356 cm³/mol. The fourth-order valence-corrected chi connectivity index (χ4v) is 10.6. The topological polar surface area (TPSA) is 111 Å². The lowest BCUT2D eigenvalue weighted by molar-refractivity contribution is -0.870. The molecule has 482 valence electrons. The molecule has 0 rings (SSSR count). The quantitative estimate of drug-likeness (QED) is 0.0195. The number of nitrogens with zero attached hydrogens (tertiary/aromatic N) is 1. The maximum absolute atomic E-state index is 12.8. The minimum absolute atomic E-state index is 0.0297. The van der Waals surface area contributed by atoms with E-state index < -0.39 is 26.5 Å². The van der Waals surface area contributed by atoms with Crippen LogP contribution in [-0.4, -0.2) is 70.0 Å². The number of allylic oxidation sites excluding steroid dienone is 14. The largest absolute Gasteiger partial charge is 0.756 e. The highest BCUT2D eigenvalue weighted by molar-refractivity contribution is 7.45. The SMILES string of the molecule is CC/C=C\C/C=C\C/C=C\C/C=C\C/C=C\C/C=C\C/C=C\CCCCCCCCCCCCCCCCCCCCCC(=O)OC(COC(=O)CCCCCCCCCCCCCCCCCCCC)COP(=O)([O-])OCC[N+](C)(C)C. The van der Waals surface area contributed by atoms with Crippen LogP contribution in [0.3, 0.4) is 0 Å². The van der Waals surface area contributed by atoms with Gasteiger partial charge < -0.3 is 27.9 Å². The van der Waals surface area contributed by atoms with Gasteiger partial charge in [0.1, 0.15) is 19.8 Å². The van der Waals surface area contributed by atoms with Gasteiger partial charge in [0.15, 0.2) is 6.10 Å². The molecule has 0 amide bonds. The summed E-state index contributed by atoms with van der Waals surface area (Å²) in [5.74, 6) is -0.818.